The van der Waals surface area contributed by atoms with E-state index in [0.717, 1.165) is 32.4 Å². The molecule has 0 aromatic heterocycles. The van der Waals surface area contributed by atoms with Crippen molar-refractivity contribution in [3.8, 4) is 0 Å². The summed E-state index contributed by atoms with van der Waals surface area (Å²) in [6.45, 7) is 12.0. The van der Waals surface area contributed by atoms with Crippen LogP contribution in [0.5, 0.6) is 0 Å². The molecule has 5 nitrogen and oxygen atoms in total. The molecule has 1 heterocycles. The van der Waals surface area contributed by atoms with Gasteiger partial charge in [0.25, 0.3) is 5.91 Å². The van der Waals surface area contributed by atoms with E-state index in [1.807, 2.05) is 30.3 Å². The van der Waals surface area contributed by atoms with Crippen molar-refractivity contribution in [3.63, 3.8) is 0 Å². The molecule has 5 heteroatoms. The van der Waals surface area contributed by atoms with Crippen molar-refractivity contribution >= 4 is 11.8 Å². The van der Waals surface area contributed by atoms with E-state index in [0.29, 0.717) is 30.6 Å². The summed E-state index contributed by atoms with van der Waals surface area (Å²) >= 11 is 0. The Bertz CT molecular complexity index is 599. The molecule has 2 unspecified atom stereocenters. The predicted molar refractivity (Wildman–Crippen MR) is 110 cm³/mol. The summed E-state index contributed by atoms with van der Waals surface area (Å²) in [5, 5.41) is 3.14. The van der Waals surface area contributed by atoms with E-state index in [1.54, 1.807) is 4.90 Å². The summed E-state index contributed by atoms with van der Waals surface area (Å²) in [5.74, 6) is 0.517. The normalized spacial score (nSPS) is 18.1. The number of likely N-dealkylation sites (tertiary alicyclic amines) is 1. The number of hydrogen-bond donors (Lipinski definition) is 1. The smallest absolute Gasteiger partial charge is 0.254 e. The minimum absolute atomic E-state index is 0.0160. The Hall–Kier alpha value is -1.88. The van der Waals surface area contributed by atoms with Crippen LogP contribution in [-0.4, -0.2) is 59.9 Å². The van der Waals surface area contributed by atoms with Gasteiger partial charge in [-0.3, -0.25) is 14.5 Å². The van der Waals surface area contributed by atoms with Gasteiger partial charge in [0, 0.05) is 24.7 Å². The number of nitrogens with zero attached hydrogens (tertiary/aromatic N) is 2. The summed E-state index contributed by atoms with van der Waals surface area (Å²) in [4.78, 5) is 29.8. The molecule has 2 rings (SSSR count). The summed E-state index contributed by atoms with van der Waals surface area (Å²) in [6.07, 6.45) is 2.67. The van der Waals surface area contributed by atoms with Gasteiger partial charge >= 0.3 is 0 Å². The lowest BCUT2D eigenvalue weighted by molar-refractivity contribution is -0.125. The maximum Gasteiger partial charge on any atom is 0.254 e. The van der Waals surface area contributed by atoms with Crippen LogP contribution in [-0.2, 0) is 4.79 Å². The summed E-state index contributed by atoms with van der Waals surface area (Å²) in [7, 11) is 0. The lowest BCUT2D eigenvalue weighted by Crippen LogP contribution is -2.50. The average molecular weight is 374 g/mol. The first-order valence-corrected chi connectivity index (χ1v) is 10.4. The molecule has 1 aromatic carbocycles. The Balaban J connectivity index is 1.99. The van der Waals surface area contributed by atoms with Gasteiger partial charge in [0.1, 0.15) is 6.04 Å². The van der Waals surface area contributed by atoms with Gasteiger partial charge in [-0.2, -0.15) is 0 Å². The van der Waals surface area contributed by atoms with Crippen LogP contribution in [0.4, 0.5) is 0 Å². The highest BCUT2D eigenvalue weighted by atomic mass is 16.2. The molecule has 1 aromatic rings. The second-order valence-corrected chi connectivity index (χ2v) is 7.77. The molecule has 0 spiro atoms. The van der Waals surface area contributed by atoms with Crippen molar-refractivity contribution in [2.45, 2.75) is 59.0 Å². The number of benzene rings is 1. The molecule has 150 valence electrons. The topological polar surface area (TPSA) is 52.7 Å². The van der Waals surface area contributed by atoms with Crippen LogP contribution in [0.25, 0.3) is 0 Å². The fraction of sp³-hybridized carbons (Fsp3) is 0.636. The molecule has 2 atom stereocenters. The van der Waals surface area contributed by atoms with Crippen molar-refractivity contribution in [3.05, 3.63) is 35.9 Å². The maximum absolute atomic E-state index is 12.9. The maximum atomic E-state index is 12.9. The van der Waals surface area contributed by atoms with Gasteiger partial charge in [-0.1, -0.05) is 45.9 Å². The Labute approximate surface area is 164 Å². The van der Waals surface area contributed by atoms with Gasteiger partial charge in [-0.25, -0.2) is 0 Å². The summed E-state index contributed by atoms with van der Waals surface area (Å²) < 4.78 is 0. The fourth-order valence-electron chi connectivity index (χ4n) is 4.01. The number of rotatable bonds is 9. The number of hydrogen-bond acceptors (Lipinski definition) is 3. The number of nitrogens with one attached hydrogen (secondary N) is 1. The fourth-order valence-corrected chi connectivity index (χ4v) is 4.01. The van der Waals surface area contributed by atoms with Crippen molar-refractivity contribution in [2.24, 2.45) is 5.92 Å². The Morgan fingerprint density at radius 2 is 1.85 bits per heavy atom. The molecule has 1 aliphatic rings. The van der Waals surface area contributed by atoms with Crippen molar-refractivity contribution in [2.75, 3.05) is 26.2 Å². The van der Waals surface area contributed by atoms with Crippen LogP contribution in [0.1, 0.15) is 57.3 Å². The molecule has 0 aliphatic carbocycles. The third-order valence-electron chi connectivity index (χ3n) is 5.42. The molecule has 1 fully saturated rings. The van der Waals surface area contributed by atoms with Gasteiger partial charge in [-0.15, -0.1) is 0 Å². The molecular weight excluding hydrogens is 338 g/mol. The van der Waals surface area contributed by atoms with Gasteiger partial charge in [0.15, 0.2) is 0 Å². The quantitative estimate of drug-likeness (QED) is 0.723. The number of carbonyl (C=O) groups is 2. The lowest BCUT2D eigenvalue weighted by Gasteiger charge is -2.32. The monoisotopic (exact) mass is 373 g/mol. The van der Waals surface area contributed by atoms with Crippen molar-refractivity contribution < 1.29 is 9.59 Å². The van der Waals surface area contributed by atoms with E-state index >= 15 is 0 Å². The van der Waals surface area contributed by atoms with Crippen LogP contribution in [0, 0.1) is 5.92 Å². The Morgan fingerprint density at radius 1 is 1.19 bits per heavy atom. The van der Waals surface area contributed by atoms with E-state index < -0.39 is 0 Å². The largest absolute Gasteiger partial charge is 0.353 e. The van der Waals surface area contributed by atoms with Crippen molar-refractivity contribution in [1.29, 1.82) is 0 Å². The molecular formula is C22H35N3O2. The molecule has 0 radical (unpaired) electrons. The molecule has 0 bridgehead atoms. The Morgan fingerprint density at radius 3 is 2.44 bits per heavy atom. The zero-order valence-electron chi connectivity index (χ0n) is 17.3. The van der Waals surface area contributed by atoms with E-state index in [4.69, 9.17) is 0 Å². The second-order valence-electron chi connectivity index (χ2n) is 7.77. The number of amides is 2. The zero-order chi connectivity index (χ0) is 19.8. The molecule has 0 saturated carbocycles. The van der Waals surface area contributed by atoms with Gasteiger partial charge in [0.05, 0.1) is 0 Å². The lowest BCUT2D eigenvalue weighted by atomic mass is 10.0. The van der Waals surface area contributed by atoms with Crippen LogP contribution in [0.15, 0.2) is 30.3 Å². The first kappa shape index (κ1) is 21.4. The summed E-state index contributed by atoms with van der Waals surface area (Å²) in [5.41, 5.74) is 0.651. The number of carbonyl (C=O) groups excluding carboxylic acids is 2. The van der Waals surface area contributed by atoms with Crippen LogP contribution in [0.3, 0.4) is 0 Å². The highest BCUT2D eigenvalue weighted by molar-refractivity contribution is 5.97. The van der Waals surface area contributed by atoms with Gasteiger partial charge in [-0.05, 0) is 50.4 Å². The van der Waals surface area contributed by atoms with Crippen molar-refractivity contribution in [1.82, 2.24) is 15.1 Å². The first-order valence-electron chi connectivity index (χ1n) is 10.4. The van der Waals surface area contributed by atoms with Gasteiger partial charge < -0.3 is 10.2 Å². The Kier molecular flexibility index (Phi) is 8.29. The molecule has 2 amide bonds. The molecule has 1 aliphatic heterocycles. The van der Waals surface area contributed by atoms with Crippen LogP contribution in [0.2, 0.25) is 0 Å². The third kappa shape index (κ3) is 5.80. The first-order chi connectivity index (χ1) is 13.0. The zero-order valence-corrected chi connectivity index (χ0v) is 17.3. The molecule has 27 heavy (non-hydrogen) atoms. The minimum Gasteiger partial charge on any atom is -0.353 e. The average Bonchev–Trinajstić information content (AvgIpc) is 3.16. The van der Waals surface area contributed by atoms with E-state index in [-0.39, 0.29) is 17.9 Å². The van der Waals surface area contributed by atoms with Crippen LogP contribution >= 0.6 is 0 Å². The minimum atomic E-state index is -0.353. The third-order valence-corrected chi connectivity index (χ3v) is 5.42. The standard InChI is InChI=1S/C22H35N3O2/c1-5-24(6-2)19(15-17(3)4)16-23-21(26)20-13-10-14-25(20)22(27)18-11-8-7-9-12-18/h7-9,11-12,17,19-20H,5-6,10,13-16H2,1-4H3,(H,23,26). The second kappa shape index (κ2) is 10.5. The van der Waals surface area contributed by atoms with E-state index in [1.165, 1.54) is 0 Å². The van der Waals surface area contributed by atoms with E-state index in [2.05, 4.69) is 37.9 Å². The SMILES string of the molecule is CCN(CC)C(CNC(=O)C1CCCN1C(=O)c1ccccc1)CC(C)C. The van der Waals surface area contributed by atoms with E-state index in [9.17, 15) is 9.59 Å². The summed E-state index contributed by atoms with van der Waals surface area (Å²) in [6, 6.07) is 9.23. The number of likely N-dealkylation sites (N-methyl/N-ethyl adjacent to an activating group) is 1. The highest BCUT2D eigenvalue weighted by Gasteiger charge is 2.34. The molecule has 1 saturated heterocycles. The van der Waals surface area contributed by atoms with Gasteiger partial charge in [0.2, 0.25) is 5.91 Å². The van der Waals surface area contributed by atoms with Crippen LogP contribution < -0.4 is 5.32 Å². The predicted octanol–water partition coefficient (Wildman–Crippen LogP) is 3.16. The highest BCUT2D eigenvalue weighted by Crippen LogP contribution is 2.20. The molecule has 1 N–H and O–H groups in total.